The number of benzene rings is 2. The second-order valence-electron chi connectivity index (χ2n) is 8.92. The number of pyridine rings is 1. The SMILES string of the molecule is CC(C)Nc1ccc(-c2c(C#N)c3ccc(Oc4ncccc4C#N)cc3n2C2CCC2)cc1. The van der Waals surface area contributed by atoms with Gasteiger partial charge < -0.3 is 14.6 Å². The molecule has 0 unspecified atom stereocenters. The second-order valence-corrected chi connectivity index (χ2v) is 8.92. The van der Waals surface area contributed by atoms with Crippen molar-refractivity contribution in [2.45, 2.75) is 45.2 Å². The summed E-state index contributed by atoms with van der Waals surface area (Å²) in [5, 5.41) is 23.9. The van der Waals surface area contributed by atoms with Crippen molar-refractivity contribution in [3.05, 3.63) is 71.9 Å². The lowest BCUT2D eigenvalue weighted by molar-refractivity contribution is 0.324. The second kappa shape index (κ2) is 8.92. The molecular weight excluding hydrogens is 422 g/mol. The van der Waals surface area contributed by atoms with Crippen LogP contribution in [0.15, 0.2) is 60.8 Å². The maximum Gasteiger partial charge on any atom is 0.237 e. The number of hydrogen-bond acceptors (Lipinski definition) is 5. The van der Waals surface area contributed by atoms with Crippen molar-refractivity contribution >= 4 is 16.6 Å². The van der Waals surface area contributed by atoms with Gasteiger partial charge in [-0.15, -0.1) is 0 Å². The third-order valence-corrected chi connectivity index (χ3v) is 6.25. The lowest BCUT2D eigenvalue weighted by Crippen LogP contribution is -2.17. The Balaban J connectivity index is 1.64. The third-order valence-electron chi connectivity index (χ3n) is 6.25. The van der Waals surface area contributed by atoms with Gasteiger partial charge in [0.25, 0.3) is 0 Å². The van der Waals surface area contributed by atoms with Gasteiger partial charge in [-0.3, -0.25) is 0 Å². The molecule has 1 aliphatic carbocycles. The van der Waals surface area contributed by atoms with E-state index in [1.165, 1.54) is 6.42 Å². The Morgan fingerprint density at radius 3 is 2.50 bits per heavy atom. The summed E-state index contributed by atoms with van der Waals surface area (Å²) in [4.78, 5) is 4.22. The highest BCUT2D eigenvalue weighted by Crippen LogP contribution is 2.43. The number of ether oxygens (including phenoxy) is 1. The fourth-order valence-electron chi connectivity index (χ4n) is 4.50. The van der Waals surface area contributed by atoms with Crippen LogP contribution in [0, 0.1) is 22.7 Å². The van der Waals surface area contributed by atoms with Gasteiger partial charge in [0.1, 0.15) is 23.5 Å². The van der Waals surface area contributed by atoms with Crippen molar-refractivity contribution in [3.63, 3.8) is 0 Å². The number of nitrogens with zero attached hydrogens (tertiary/aromatic N) is 4. The molecule has 1 N–H and O–H groups in total. The first kappa shape index (κ1) is 21.6. The van der Waals surface area contributed by atoms with Crippen molar-refractivity contribution in [2.75, 3.05) is 5.32 Å². The van der Waals surface area contributed by atoms with Gasteiger partial charge in [0, 0.05) is 35.4 Å². The molecule has 2 aromatic carbocycles. The molecule has 0 aliphatic heterocycles. The number of anilines is 1. The van der Waals surface area contributed by atoms with Crippen molar-refractivity contribution in [2.24, 2.45) is 0 Å². The predicted octanol–water partition coefficient (Wildman–Crippen LogP) is 6.78. The standard InChI is InChI=1S/C28H25N5O/c1-18(2)32-21-10-8-19(9-11-21)27-25(17-30)24-13-12-23(15-26(24)33(27)22-6-3-7-22)34-28-20(16-29)5-4-14-31-28/h4-5,8-15,18,22,32H,3,6-7H2,1-2H3. The molecule has 1 fully saturated rings. The van der Waals surface area contributed by atoms with E-state index in [1.807, 2.05) is 18.2 Å². The molecule has 168 valence electrons. The molecule has 1 saturated carbocycles. The van der Waals surface area contributed by atoms with E-state index in [1.54, 1.807) is 18.3 Å². The Labute approximate surface area is 199 Å². The highest BCUT2D eigenvalue weighted by molar-refractivity contribution is 5.95. The number of fused-ring (bicyclic) bond motifs is 1. The van der Waals surface area contributed by atoms with Crippen LogP contribution in [0.3, 0.4) is 0 Å². The Bertz CT molecular complexity index is 1430. The van der Waals surface area contributed by atoms with Crippen molar-refractivity contribution in [1.29, 1.82) is 10.5 Å². The van der Waals surface area contributed by atoms with E-state index in [0.717, 1.165) is 40.7 Å². The van der Waals surface area contributed by atoms with E-state index in [0.29, 0.717) is 29.0 Å². The summed E-state index contributed by atoms with van der Waals surface area (Å²) in [7, 11) is 0. The summed E-state index contributed by atoms with van der Waals surface area (Å²) in [6.07, 6.45) is 4.95. The molecule has 5 rings (SSSR count). The molecule has 0 bridgehead atoms. The van der Waals surface area contributed by atoms with Gasteiger partial charge in [-0.25, -0.2) is 4.98 Å². The van der Waals surface area contributed by atoms with Gasteiger partial charge in [0.05, 0.1) is 16.8 Å². The average molecular weight is 448 g/mol. The average Bonchev–Trinajstić information content (AvgIpc) is 3.12. The van der Waals surface area contributed by atoms with Crippen molar-refractivity contribution in [1.82, 2.24) is 9.55 Å². The molecular formula is C28H25N5O. The first-order valence-electron chi connectivity index (χ1n) is 11.6. The Morgan fingerprint density at radius 1 is 1.06 bits per heavy atom. The zero-order valence-electron chi connectivity index (χ0n) is 19.2. The minimum atomic E-state index is 0.278. The molecule has 0 amide bonds. The zero-order chi connectivity index (χ0) is 23.7. The monoisotopic (exact) mass is 447 g/mol. The first-order valence-corrected chi connectivity index (χ1v) is 11.6. The van der Waals surface area contributed by atoms with Crippen molar-refractivity contribution < 1.29 is 4.74 Å². The number of rotatable bonds is 6. The van der Waals surface area contributed by atoms with Gasteiger partial charge in [0.15, 0.2) is 0 Å². The molecule has 0 radical (unpaired) electrons. The van der Waals surface area contributed by atoms with Crippen LogP contribution in [0.1, 0.15) is 50.3 Å². The Morgan fingerprint density at radius 2 is 1.85 bits per heavy atom. The van der Waals surface area contributed by atoms with Crippen LogP contribution >= 0.6 is 0 Å². The molecule has 34 heavy (non-hydrogen) atoms. The van der Waals surface area contributed by atoms with E-state index < -0.39 is 0 Å². The molecule has 6 heteroatoms. The molecule has 0 saturated heterocycles. The minimum absolute atomic E-state index is 0.278. The lowest BCUT2D eigenvalue weighted by Gasteiger charge is -2.30. The lowest BCUT2D eigenvalue weighted by atomic mass is 9.92. The van der Waals surface area contributed by atoms with E-state index in [9.17, 15) is 10.5 Å². The van der Waals surface area contributed by atoms with Crippen LogP contribution in [0.2, 0.25) is 0 Å². The topological polar surface area (TPSA) is 86.7 Å². The van der Waals surface area contributed by atoms with Crippen LogP contribution in [0.4, 0.5) is 5.69 Å². The highest BCUT2D eigenvalue weighted by Gasteiger charge is 2.28. The van der Waals surface area contributed by atoms with Crippen LogP contribution in [-0.4, -0.2) is 15.6 Å². The minimum Gasteiger partial charge on any atom is -0.438 e. The molecule has 2 heterocycles. The maximum absolute atomic E-state index is 10.2. The predicted molar refractivity (Wildman–Crippen MR) is 133 cm³/mol. The van der Waals surface area contributed by atoms with E-state index in [-0.39, 0.29) is 5.88 Å². The fraction of sp³-hybridized carbons (Fsp3) is 0.250. The highest BCUT2D eigenvalue weighted by atomic mass is 16.5. The van der Waals surface area contributed by atoms with Crippen LogP contribution in [-0.2, 0) is 0 Å². The smallest absolute Gasteiger partial charge is 0.237 e. The number of nitriles is 2. The largest absolute Gasteiger partial charge is 0.438 e. The fourth-order valence-corrected chi connectivity index (χ4v) is 4.50. The van der Waals surface area contributed by atoms with Gasteiger partial charge in [-0.2, -0.15) is 10.5 Å². The summed E-state index contributed by atoms with van der Waals surface area (Å²) >= 11 is 0. The van der Waals surface area contributed by atoms with E-state index in [4.69, 9.17) is 4.74 Å². The summed E-state index contributed by atoms with van der Waals surface area (Å²) in [5.74, 6) is 0.869. The van der Waals surface area contributed by atoms with Crippen LogP contribution in [0.25, 0.3) is 22.2 Å². The summed E-state index contributed by atoms with van der Waals surface area (Å²) in [6, 6.07) is 22.7. The van der Waals surface area contributed by atoms with Crippen molar-refractivity contribution in [3.8, 4) is 35.0 Å². The summed E-state index contributed by atoms with van der Waals surface area (Å²) in [6.45, 7) is 4.22. The van der Waals surface area contributed by atoms with Gasteiger partial charge >= 0.3 is 0 Å². The number of nitrogens with one attached hydrogen (secondary N) is 1. The quantitative estimate of drug-likeness (QED) is 0.352. The molecule has 0 spiro atoms. The van der Waals surface area contributed by atoms with Gasteiger partial charge in [0.2, 0.25) is 5.88 Å². The van der Waals surface area contributed by atoms with Gasteiger partial charge in [-0.05, 0) is 75.1 Å². The Kier molecular flexibility index (Phi) is 5.65. The van der Waals surface area contributed by atoms with Crippen LogP contribution < -0.4 is 10.1 Å². The molecule has 4 aromatic rings. The van der Waals surface area contributed by atoms with E-state index >= 15 is 0 Å². The summed E-state index contributed by atoms with van der Waals surface area (Å²) in [5.41, 5.74) is 5.05. The number of hydrogen-bond donors (Lipinski definition) is 1. The first-order chi connectivity index (χ1) is 16.6. The normalized spacial score (nSPS) is 13.3. The van der Waals surface area contributed by atoms with Gasteiger partial charge in [-0.1, -0.05) is 12.1 Å². The van der Waals surface area contributed by atoms with Crippen LogP contribution in [0.5, 0.6) is 11.6 Å². The molecule has 6 nitrogen and oxygen atoms in total. The molecule has 2 aromatic heterocycles. The molecule has 1 aliphatic rings. The third kappa shape index (κ3) is 3.84. The summed E-state index contributed by atoms with van der Waals surface area (Å²) < 4.78 is 8.30. The Hall–Kier alpha value is -4.29. The maximum atomic E-state index is 10.2. The zero-order valence-corrected chi connectivity index (χ0v) is 19.2. The van der Waals surface area contributed by atoms with E-state index in [2.05, 4.69) is 65.1 Å². The number of aromatic nitrogens is 2. The molecule has 0 atom stereocenters.